The van der Waals surface area contributed by atoms with Gasteiger partial charge in [0.15, 0.2) is 0 Å². The first kappa shape index (κ1) is 18.1. The molecule has 2 rings (SSSR count). The van der Waals surface area contributed by atoms with Gasteiger partial charge >= 0.3 is 0 Å². The van der Waals surface area contributed by atoms with E-state index in [4.69, 9.17) is 9.47 Å². The zero-order valence-electron chi connectivity index (χ0n) is 14.8. The third-order valence-electron chi connectivity index (χ3n) is 4.29. The van der Waals surface area contributed by atoms with Gasteiger partial charge in [0.25, 0.3) is 5.91 Å². The summed E-state index contributed by atoms with van der Waals surface area (Å²) in [6.45, 7) is 5.00. The standard InChI is InChI=1S/C18H26N2O4/c1-12(2)17(21)19-13-7-9-20(10-8-13)18(22)15-6-5-14(23-3)11-16(15)24-4/h5-6,11-13H,7-10H2,1-4H3,(H,19,21). The van der Waals surface area contributed by atoms with Crippen LogP contribution in [-0.2, 0) is 4.79 Å². The number of benzene rings is 1. The van der Waals surface area contributed by atoms with Crippen LogP contribution in [0.2, 0.25) is 0 Å². The van der Waals surface area contributed by atoms with Crippen molar-refractivity contribution in [2.45, 2.75) is 32.7 Å². The van der Waals surface area contributed by atoms with Gasteiger partial charge in [-0.1, -0.05) is 13.8 Å². The quantitative estimate of drug-likeness (QED) is 0.895. The second-order valence-electron chi connectivity index (χ2n) is 6.30. The first-order chi connectivity index (χ1) is 11.5. The highest BCUT2D eigenvalue weighted by atomic mass is 16.5. The van der Waals surface area contributed by atoms with E-state index in [0.29, 0.717) is 30.2 Å². The van der Waals surface area contributed by atoms with Crippen molar-refractivity contribution >= 4 is 11.8 Å². The molecule has 0 spiro atoms. The number of rotatable bonds is 5. The molecule has 2 amide bonds. The van der Waals surface area contributed by atoms with E-state index in [1.54, 1.807) is 32.4 Å². The van der Waals surface area contributed by atoms with Crippen molar-refractivity contribution in [2.75, 3.05) is 27.3 Å². The van der Waals surface area contributed by atoms with Crippen LogP contribution in [0, 0.1) is 5.92 Å². The molecular formula is C18H26N2O4. The monoisotopic (exact) mass is 334 g/mol. The lowest BCUT2D eigenvalue weighted by molar-refractivity contribution is -0.124. The second-order valence-corrected chi connectivity index (χ2v) is 6.30. The van der Waals surface area contributed by atoms with Crippen molar-refractivity contribution in [3.05, 3.63) is 23.8 Å². The van der Waals surface area contributed by atoms with E-state index in [-0.39, 0.29) is 23.8 Å². The van der Waals surface area contributed by atoms with Crippen LogP contribution in [-0.4, -0.2) is 50.1 Å². The van der Waals surface area contributed by atoms with Gasteiger partial charge < -0.3 is 19.7 Å². The minimum absolute atomic E-state index is 0.0202. The number of hydrogen-bond acceptors (Lipinski definition) is 4. The number of piperidine rings is 1. The number of carbonyl (C=O) groups is 2. The third kappa shape index (κ3) is 4.19. The zero-order valence-corrected chi connectivity index (χ0v) is 14.8. The molecule has 1 N–H and O–H groups in total. The summed E-state index contributed by atoms with van der Waals surface area (Å²) in [5, 5.41) is 3.04. The van der Waals surface area contributed by atoms with E-state index in [2.05, 4.69) is 5.32 Å². The van der Waals surface area contributed by atoms with Crippen LogP contribution in [0.5, 0.6) is 11.5 Å². The molecule has 1 heterocycles. The predicted octanol–water partition coefficient (Wildman–Crippen LogP) is 2.08. The fraction of sp³-hybridized carbons (Fsp3) is 0.556. The van der Waals surface area contributed by atoms with Gasteiger partial charge in [0, 0.05) is 31.1 Å². The summed E-state index contributed by atoms with van der Waals surface area (Å²) in [6, 6.07) is 5.34. The van der Waals surface area contributed by atoms with Crippen LogP contribution in [0.4, 0.5) is 0 Å². The van der Waals surface area contributed by atoms with Gasteiger partial charge in [-0.05, 0) is 25.0 Å². The highest BCUT2D eigenvalue weighted by Gasteiger charge is 2.26. The molecule has 0 saturated carbocycles. The average molecular weight is 334 g/mol. The molecule has 1 aliphatic heterocycles. The molecule has 1 fully saturated rings. The van der Waals surface area contributed by atoms with E-state index < -0.39 is 0 Å². The number of methoxy groups -OCH3 is 2. The van der Waals surface area contributed by atoms with Gasteiger partial charge in [-0.2, -0.15) is 0 Å². The van der Waals surface area contributed by atoms with Gasteiger partial charge in [-0.15, -0.1) is 0 Å². The Morgan fingerprint density at radius 2 is 1.83 bits per heavy atom. The van der Waals surface area contributed by atoms with Gasteiger partial charge in [0.1, 0.15) is 11.5 Å². The molecule has 6 nitrogen and oxygen atoms in total. The highest BCUT2D eigenvalue weighted by Crippen LogP contribution is 2.26. The fourth-order valence-electron chi connectivity index (χ4n) is 2.74. The first-order valence-corrected chi connectivity index (χ1v) is 8.28. The van der Waals surface area contributed by atoms with Gasteiger partial charge in [0.2, 0.25) is 5.91 Å². The molecule has 0 bridgehead atoms. The summed E-state index contributed by atoms with van der Waals surface area (Å²) in [5.41, 5.74) is 0.531. The number of nitrogens with one attached hydrogen (secondary N) is 1. The maximum Gasteiger partial charge on any atom is 0.257 e. The minimum Gasteiger partial charge on any atom is -0.497 e. The largest absolute Gasteiger partial charge is 0.497 e. The Balaban J connectivity index is 1.99. The second kappa shape index (κ2) is 8.04. The molecule has 0 aliphatic carbocycles. The number of ether oxygens (including phenoxy) is 2. The Bertz CT molecular complexity index is 593. The maximum absolute atomic E-state index is 12.7. The molecule has 1 aliphatic rings. The van der Waals surface area contributed by atoms with Crippen molar-refractivity contribution in [3.63, 3.8) is 0 Å². The normalized spacial score (nSPS) is 15.3. The van der Waals surface area contributed by atoms with E-state index in [0.717, 1.165) is 12.8 Å². The number of amides is 2. The maximum atomic E-state index is 12.7. The smallest absolute Gasteiger partial charge is 0.257 e. The lowest BCUT2D eigenvalue weighted by atomic mass is 10.0. The highest BCUT2D eigenvalue weighted by molar-refractivity contribution is 5.97. The van der Waals surface area contributed by atoms with Crippen LogP contribution in [0.3, 0.4) is 0 Å². The summed E-state index contributed by atoms with van der Waals surface area (Å²) >= 11 is 0. The molecule has 0 unspecified atom stereocenters. The molecule has 0 radical (unpaired) electrons. The molecule has 0 aromatic heterocycles. The summed E-state index contributed by atoms with van der Waals surface area (Å²) in [5.74, 6) is 1.15. The van der Waals surface area contributed by atoms with Gasteiger partial charge in [0.05, 0.1) is 19.8 Å². The topological polar surface area (TPSA) is 67.9 Å². The van der Waals surface area contributed by atoms with Crippen LogP contribution < -0.4 is 14.8 Å². The fourth-order valence-corrected chi connectivity index (χ4v) is 2.74. The van der Waals surface area contributed by atoms with Gasteiger partial charge in [-0.25, -0.2) is 0 Å². The Kier molecular flexibility index (Phi) is 6.06. The minimum atomic E-state index is -0.0526. The Labute approximate surface area is 143 Å². The summed E-state index contributed by atoms with van der Waals surface area (Å²) in [6.07, 6.45) is 1.53. The predicted molar refractivity (Wildman–Crippen MR) is 91.5 cm³/mol. The molecule has 1 aromatic carbocycles. The number of hydrogen-bond donors (Lipinski definition) is 1. The third-order valence-corrected chi connectivity index (χ3v) is 4.29. The molecule has 6 heteroatoms. The number of carbonyl (C=O) groups excluding carboxylic acids is 2. The van der Waals surface area contributed by atoms with Crippen molar-refractivity contribution < 1.29 is 19.1 Å². The van der Waals surface area contributed by atoms with Crippen molar-refractivity contribution in [1.29, 1.82) is 0 Å². The van der Waals surface area contributed by atoms with Crippen LogP contribution >= 0.6 is 0 Å². The molecule has 1 saturated heterocycles. The molecule has 1 aromatic rings. The van der Waals surface area contributed by atoms with Crippen molar-refractivity contribution in [2.24, 2.45) is 5.92 Å². The lowest BCUT2D eigenvalue weighted by Crippen LogP contribution is -2.47. The number of nitrogens with zero attached hydrogens (tertiary/aromatic N) is 1. The Morgan fingerprint density at radius 3 is 2.38 bits per heavy atom. The molecule has 24 heavy (non-hydrogen) atoms. The van der Waals surface area contributed by atoms with Gasteiger partial charge in [-0.3, -0.25) is 9.59 Å². The molecule has 0 atom stereocenters. The van der Waals surface area contributed by atoms with E-state index in [1.165, 1.54) is 0 Å². The zero-order chi connectivity index (χ0) is 17.7. The van der Waals surface area contributed by atoms with Crippen molar-refractivity contribution in [3.8, 4) is 11.5 Å². The number of likely N-dealkylation sites (tertiary alicyclic amines) is 1. The summed E-state index contributed by atoms with van der Waals surface area (Å²) in [7, 11) is 3.12. The van der Waals surface area contributed by atoms with Crippen LogP contribution in [0.15, 0.2) is 18.2 Å². The Hall–Kier alpha value is -2.24. The van der Waals surface area contributed by atoms with E-state index >= 15 is 0 Å². The van der Waals surface area contributed by atoms with Crippen LogP contribution in [0.25, 0.3) is 0 Å². The lowest BCUT2D eigenvalue weighted by Gasteiger charge is -2.33. The van der Waals surface area contributed by atoms with E-state index in [1.807, 2.05) is 18.7 Å². The molecule has 132 valence electrons. The van der Waals surface area contributed by atoms with Crippen molar-refractivity contribution in [1.82, 2.24) is 10.2 Å². The summed E-state index contributed by atoms with van der Waals surface area (Å²) < 4.78 is 10.5. The average Bonchev–Trinajstić information content (AvgIpc) is 2.61. The SMILES string of the molecule is COc1ccc(C(=O)N2CCC(NC(=O)C(C)C)CC2)c(OC)c1. The Morgan fingerprint density at radius 1 is 1.17 bits per heavy atom. The first-order valence-electron chi connectivity index (χ1n) is 8.28. The van der Waals surface area contributed by atoms with Crippen LogP contribution in [0.1, 0.15) is 37.0 Å². The summed E-state index contributed by atoms with van der Waals surface area (Å²) in [4.78, 5) is 26.3. The van der Waals surface area contributed by atoms with E-state index in [9.17, 15) is 9.59 Å². The molecular weight excluding hydrogens is 308 g/mol.